The van der Waals surface area contributed by atoms with Gasteiger partial charge in [0.05, 0.1) is 11.4 Å². The summed E-state index contributed by atoms with van der Waals surface area (Å²) in [7, 11) is 0. The van der Waals surface area contributed by atoms with E-state index in [1.807, 2.05) is 42.5 Å². The van der Waals surface area contributed by atoms with E-state index in [4.69, 9.17) is 0 Å². The van der Waals surface area contributed by atoms with Crippen LogP contribution >= 0.6 is 0 Å². The molecule has 2 aromatic rings. The van der Waals surface area contributed by atoms with Gasteiger partial charge in [-0.3, -0.25) is 9.79 Å². The van der Waals surface area contributed by atoms with Crippen LogP contribution < -0.4 is 5.32 Å². The summed E-state index contributed by atoms with van der Waals surface area (Å²) in [4.78, 5) is 27.4. The number of carbonyl (C=O) groups excluding carboxylic acids is 1. The monoisotopic (exact) mass is 319 g/mol. The molecule has 6 heteroatoms. The van der Waals surface area contributed by atoms with Gasteiger partial charge in [-0.25, -0.2) is 4.79 Å². The maximum absolute atomic E-state index is 12.0. The van der Waals surface area contributed by atoms with Gasteiger partial charge in [-0.05, 0) is 6.07 Å². The van der Waals surface area contributed by atoms with Crippen molar-refractivity contribution >= 4 is 74.7 Å². The third-order valence-corrected chi connectivity index (χ3v) is 3.23. The molecule has 3 rings (SSSR count). The Balaban J connectivity index is 0.00000176. The number of aliphatic carboxylic acids is 1. The number of anilines is 1. The van der Waals surface area contributed by atoms with Crippen molar-refractivity contribution in [3.05, 3.63) is 65.7 Å². The number of amides is 1. The number of carboxylic acid groups (broad SMARTS) is 1. The molecule has 0 saturated heterocycles. The Kier molecular flexibility index (Phi) is 5.66. The fourth-order valence-corrected chi connectivity index (χ4v) is 2.25. The SMILES string of the molecule is O=C(O)C1N=C(c2ccccc2)c2ccccc2NC1=O.[K]. The van der Waals surface area contributed by atoms with Crippen LogP contribution in [0.25, 0.3) is 0 Å². The van der Waals surface area contributed by atoms with E-state index >= 15 is 0 Å². The van der Waals surface area contributed by atoms with E-state index in [0.717, 1.165) is 5.56 Å². The minimum absolute atomic E-state index is 0. The molecular weight excluding hydrogens is 307 g/mol. The van der Waals surface area contributed by atoms with Crippen LogP contribution in [-0.2, 0) is 9.59 Å². The number of hydrogen-bond donors (Lipinski definition) is 2. The van der Waals surface area contributed by atoms with Crippen molar-refractivity contribution in [3.8, 4) is 0 Å². The topological polar surface area (TPSA) is 78.8 Å². The predicted octanol–water partition coefficient (Wildman–Crippen LogP) is 1.55. The maximum atomic E-state index is 12.0. The van der Waals surface area contributed by atoms with Crippen LogP contribution in [0.2, 0.25) is 0 Å². The smallest absolute Gasteiger partial charge is 0.338 e. The summed E-state index contributed by atoms with van der Waals surface area (Å²) in [5.41, 5.74) is 2.54. The maximum Gasteiger partial charge on any atom is 0.338 e. The second kappa shape index (κ2) is 7.30. The Labute approximate surface area is 169 Å². The van der Waals surface area contributed by atoms with E-state index in [2.05, 4.69) is 10.3 Å². The zero-order chi connectivity index (χ0) is 14.8. The Bertz CT molecular complexity index is 744. The number of nitrogens with one attached hydrogen (secondary N) is 1. The minimum Gasteiger partial charge on any atom is -0.479 e. The van der Waals surface area contributed by atoms with Crippen LogP contribution in [0.5, 0.6) is 0 Å². The molecule has 1 heterocycles. The van der Waals surface area contributed by atoms with Crippen molar-refractivity contribution in [1.82, 2.24) is 0 Å². The Morgan fingerprint density at radius 1 is 1.05 bits per heavy atom. The summed E-state index contributed by atoms with van der Waals surface area (Å²) in [6, 6.07) is 14.9. The number of nitrogens with zero attached hydrogens (tertiary/aromatic N) is 1. The van der Waals surface area contributed by atoms with E-state index in [9.17, 15) is 14.7 Å². The van der Waals surface area contributed by atoms with E-state index in [-0.39, 0.29) is 51.4 Å². The van der Waals surface area contributed by atoms with Gasteiger partial charge in [-0.15, -0.1) is 0 Å². The molecule has 0 bridgehead atoms. The summed E-state index contributed by atoms with van der Waals surface area (Å²) >= 11 is 0. The van der Waals surface area contributed by atoms with Gasteiger partial charge >= 0.3 is 5.97 Å². The Morgan fingerprint density at radius 3 is 2.36 bits per heavy atom. The predicted molar refractivity (Wildman–Crippen MR) is 84.3 cm³/mol. The molecule has 5 nitrogen and oxygen atoms in total. The first-order chi connectivity index (χ1) is 10.2. The molecule has 22 heavy (non-hydrogen) atoms. The molecule has 105 valence electrons. The Hall–Kier alpha value is -1.31. The van der Waals surface area contributed by atoms with Crippen molar-refractivity contribution in [2.45, 2.75) is 6.04 Å². The van der Waals surface area contributed by atoms with E-state index < -0.39 is 17.9 Å². The molecule has 0 aromatic heterocycles. The van der Waals surface area contributed by atoms with Gasteiger partial charge in [0.15, 0.2) is 0 Å². The average molecular weight is 319 g/mol. The summed E-state index contributed by atoms with van der Waals surface area (Å²) in [6.07, 6.45) is 0. The molecule has 2 aromatic carbocycles. The van der Waals surface area contributed by atoms with Crippen molar-refractivity contribution in [1.29, 1.82) is 0 Å². The van der Waals surface area contributed by atoms with E-state index in [1.54, 1.807) is 12.1 Å². The van der Waals surface area contributed by atoms with Gasteiger partial charge in [0, 0.05) is 62.5 Å². The second-order valence-electron chi connectivity index (χ2n) is 4.62. The number of aliphatic imine (C=N–C) groups is 1. The second-order valence-corrected chi connectivity index (χ2v) is 4.62. The number of carboxylic acids is 1. The summed E-state index contributed by atoms with van der Waals surface area (Å²) in [5, 5.41) is 11.8. The largest absolute Gasteiger partial charge is 0.479 e. The summed E-state index contributed by atoms with van der Waals surface area (Å²) in [6.45, 7) is 0. The third-order valence-electron chi connectivity index (χ3n) is 3.23. The zero-order valence-electron chi connectivity index (χ0n) is 12.0. The third kappa shape index (κ3) is 3.36. The first-order valence-corrected chi connectivity index (χ1v) is 6.43. The molecular formula is C16H12KN2O3. The fourth-order valence-electron chi connectivity index (χ4n) is 2.25. The van der Waals surface area contributed by atoms with Crippen LogP contribution in [0.4, 0.5) is 5.69 Å². The number of rotatable bonds is 2. The van der Waals surface area contributed by atoms with Crippen LogP contribution in [0.3, 0.4) is 0 Å². The number of carbonyl (C=O) groups is 2. The molecule has 1 radical (unpaired) electrons. The van der Waals surface area contributed by atoms with Gasteiger partial charge in [0.25, 0.3) is 5.91 Å². The molecule has 0 fully saturated rings. The molecule has 1 atom stereocenters. The molecule has 0 spiro atoms. The first-order valence-electron chi connectivity index (χ1n) is 6.43. The standard InChI is InChI=1S/C16H12N2O3.K/c19-15-14(16(20)21)18-13(10-6-2-1-3-7-10)11-8-4-5-9-12(11)17-15;/h1-9,14H,(H,17,19)(H,20,21);. The molecule has 1 amide bonds. The summed E-state index contributed by atoms with van der Waals surface area (Å²) < 4.78 is 0. The number of para-hydroxylation sites is 1. The van der Waals surface area contributed by atoms with Crippen molar-refractivity contribution in [3.63, 3.8) is 0 Å². The van der Waals surface area contributed by atoms with Gasteiger partial charge in [-0.1, -0.05) is 48.5 Å². The number of benzodiazepines with no additional fused rings is 1. The van der Waals surface area contributed by atoms with Gasteiger partial charge in [-0.2, -0.15) is 0 Å². The number of benzene rings is 2. The number of hydrogen-bond acceptors (Lipinski definition) is 3. The number of fused-ring (bicyclic) bond motifs is 1. The van der Waals surface area contributed by atoms with Crippen LogP contribution in [0.15, 0.2) is 59.6 Å². The van der Waals surface area contributed by atoms with Crippen molar-refractivity contribution in [2.75, 3.05) is 5.32 Å². The quantitative estimate of drug-likeness (QED) is 0.651. The Morgan fingerprint density at radius 2 is 1.68 bits per heavy atom. The fraction of sp³-hybridized carbons (Fsp3) is 0.0625. The van der Waals surface area contributed by atoms with Gasteiger partial charge < -0.3 is 10.4 Å². The van der Waals surface area contributed by atoms with Crippen LogP contribution in [0.1, 0.15) is 11.1 Å². The molecule has 1 aliphatic heterocycles. The van der Waals surface area contributed by atoms with Gasteiger partial charge in [0.2, 0.25) is 6.04 Å². The molecule has 1 unspecified atom stereocenters. The summed E-state index contributed by atoms with van der Waals surface area (Å²) in [5.74, 6) is -1.91. The van der Waals surface area contributed by atoms with E-state index in [1.165, 1.54) is 0 Å². The zero-order valence-corrected chi connectivity index (χ0v) is 15.1. The van der Waals surface area contributed by atoms with Crippen molar-refractivity contribution in [2.24, 2.45) is 4.99 Å². The molecule has 0 saturated carbocycles. The van der Waals surface area contributed by atoms with Crippen LogP contribution in [0, 0.1) is 0 Å². The van der Waals surface area contributed by atoms with Crippen molar-refractivity contribution < 1.29 is 14.7 Å². The molecule has 2 N–H and O–H groups in total. The molecule has 0 aliphatic carbocycles. The average Bonchev–Trinajstić information content (AvgIpc) is 2.64. The van der Waals surface area contributed by atoms with E-state index in [0.29, 0.717) is 17.0 Å². The first kappa shape index (κ1) is 17.0. The normalized spacial score (nSPS) is 16.5. The van der Waals surface area contributed by atoms with Gasteiger partial charge in [0.1, 0.15) is 0 Å². The molecule has 1 aliphatic rings. The van der Waals surface area contributed by atoms with Crippen LogP contribution in [-0.4, -0.2) is 80.1 Å². The minimum atomic E-state index is -1.45.